The number of amides is 1. The molecule has 0 saturated heterocycles. The number of carbonyl (C=O) groups excluding carboxylic acids is 1. The second-order valence-corrected chi connectivity index (χ2v) is 4.92. The highest BCUT2D eigenvalue weighted by Crippen LogP contribution is 2.43. The molecule has 1 saturated carbocycles. The first-order chi connectivity index (χ1) is 8.22. The van der Waals surface area contributed by atoms with Gasteiger partial charge in [0.15, 0.2) is 11.5 Å². The fourth-order valence-electron chi connectivity index (χ4n) is 2.11. The molecule has 1 aromatic carbocycles. The summed E-state index contributed by atoms with van der Waals surface area (Å²) in [6.07, 6.45) is 3.49. The minimum Gasteiger partial charge on any atom is -0.454 e. The van der Waals surface area contributed by atoms with E-state index in [1.165, 1.54) is 0 Å². The quantitative estimate of drug-likeness (QED) is 0.834. The number of fused-ring (bicyclic) bond motifs is 1. The van der Waals surface area contributed by atoms with E-state index in [2.05, 4.69) is 5.32 Å². The van der Waals surface area contributed by atoms with E-state index in [1.54, 1.807) is 6.07 Å². The molecule has 0 atom stereocenters. The second-order valence-electron chi connectivity index (χ2n) is 4.52. The van der Waals surface area contributed by atoms with Crippen LogP contribution in [0.3, 0.4) is 0 Å². The van der Waals surface area contributed by atoms with Crippen molar-refractivity contribution < 1.29 is 14.3 Å². The Kier molecular flexibility index (Phi) is 2.40. The Morgan fingerprint density at radius 2 is 2.06 bits per heavy atom. The average molecular weight is 254 g/mol. The van der Waals surface area contributed by atoms with Gasteiger partial charge < -0.3 is 14.8 Å². The van der Waals surface area contributed by atoms with E-state index in [-0.39, 0.29) is 12.3 Å². The molecule has 2 aliphatic rings. The van der Waals surface area contributed by atoms with E-state index >= 15 is 0 Å². The van der Waals surface area contributed by atoms with Crippen LogP contribution in [0.4, 0.5) is 0 Å². The van der Waals surface area contributed by atoms with Crippen molar-refractivity contribution in [3.63, 3.8) is 0 Å². The van der Waals surface area contributed by atoms with Crippen LogP contribution in [0.25, 0.3) is 0 Å². The predicted molar refractivity (Wildman–Crippen MR) is 62.4 cm³/mol. The van der Waals surface area contributed by atoms with Gasteiger partial charge in [-0.25, -0.2) is 0 Å². The molecule has 1 aromatic rings. The Morgan fingerprint density at radius 3 is 2.71 bits per heavy atom. The minimum atomic E-state index is -0.0981. The van der Waals surface area contributed by atoms with Crippen LogP contribution < -0.4 is 14.8 Å². The third-order valence-electron chi connectivity index (χ3n) is 3.29. The largest absolute Gasteiger partial charge is 0.454 e. The van der Waals surface area contributed by atoms with Gasteiger partial charge in [0.05, 0.1) is 0 Å². The average Bonchev–Trinajstić information content (AvgIpc) is 2.89. The van der Waals surface area contributed by atoms with Crippen molar-refractivity contribution in [2.24, 2.45) is 0 Å². The summed E-state index contributed by atoms with van der Waals surface area (Å²) < 4.78 is 10.6. The Balaban J connectivity index is 1.86. The first-order valence-corrected chi connectivity index (χ1v) is 5.90. The van der Waals surface area contributed by atoms with E-state index in [0.29, 0.717) is 10.8 Å². The molecular weight excluding hydrogens is 242 g/mol. The number of nitrogens with one attached hydrogen (secondary N) is 1. The third kappa shape index (κ3) is 1.93. The minimum absolute atomic E-state index is 0.0981. The lowest BCUT2D eigenvalue weighted by atomic mass is 10.0. The summed E-state index contributed by atoms with van der Waals surface area (Å²) >= 11 is 6.19. The molecule has 4 nitrogen and oxygen atoms in total. The van der Waals surface area contributed by atoms with Gasteiger partial charge in [-0.2, -0.15) is 0 Å². The predicted octanol–water partition coefficient (Wildman–Crippen LogP) is 1.89. The summed E-state index contributed by atoms with van der Waals surface area (Å²) in [6, 6.07) is 3.67. The summed E-state index contributed by atoms with van der Waals surface area (Å²) in [6.45, 7) is 0.243. The number of halogens is 1. The van der Waals surface area contributed by atoms with Crippen molar-refractivity contribution in [3.8, 4) is 11.5 Å². The lowest BCUT2D eigenvalue weighted by molar-refractivity contribution is -0.110. The molecular formula is C12H12ClNO3. The number of hydrogen-bond donors (Lipinski definition) is 1. The van der Waals surface area contributed by atoms with Crippen molar-refractivity contribution in [2.75, 3.05) is 6.79 Å². The van der Waals surface area contributed by atoms with Crippen LogP contribution in [-0.4, -0.2) is 18.7 Å². The van der Waals surface area contributed by atoms with Gasteiger partial charge >= 0.3 is 0 Å². The zero-order valence-electron chi connectivity index (χ0n) is 9.16. The summed E-state index contributed by atoms with van der Waals surface area (Å²) in [5.41, 5.74) is 0.891. The molecule has 17 heavy (non-hydrogen) atoms. The van der Waals surface area contributed by atoms with Crippen LogP contribution >= 0.6 is 11.6 Å². The van der Waals surface area contributed by atoms with E-state index in [1.807, 2.05) is 6.07 Å². The first kappa shape index (κ1) is 10.7. The number of hydrogen-bond acceptors (Lipinski definition) is 3. The molecule has 1 aliphatic carbocycles. The zero-order valence-corrected chi connectivity index (χ0v) is 9.92. The van der Waals surface area contributed by atoms with Gasteiger partial charge in [0.25, 0.3) is 0 Å². The third-order valence-corrected chi connectivity index (χ3v) is 3.64. The number of rotatable bonds is 4. The Hall–Kier alpha value is -1.42. The Bertz CT molecular complexity index is 471. The summed E-state index contributed by atoms with van der Waals surface area (Å²) in [5.74, 6) is 1.42. The van der Waals surface area contributed by atoms with Gasteiger partial charge in [-0.05, 0) is 30.9 Å². The van der Waals surface area contributed by atoms with Crippen LogP contribution in [0.1, 0.15) is 18.4 Å². The monoisotopic (exact) mass is 253 g/mol. The normalized spacial score (nSPS) is 18.9. The highest BCUT2D eigenvalue weighted by Gasteiger charge is 2.42. The molecule has 0 spiro atoms. The van der Waals surface area contributed by atoms with E-state index < -0.39 is 0 Å². The molecule has 5 heteroatoms. The molecule has 1 aliphatic heterocycles. The van der Waals surface area contributed by atoms with Crippen molar-refractivity contribution in [1.29, 1.82) is 0 Å². The highest BCUT2D eigenvalue weighted by atomic mass is 35.5. The van der Waals surface area contributed by atoms with Crippen molar-refractivity contribution in [3.05, 3.63) is 22.7 Å². The zero-order chi connectivity index (χ0) is 11.9. The van der Waals surface area contributed by atoms with Gasteiger partial charge in [-0.1, -0.05) is 11.6 Å². The molecule has 1 N–H and O–H groups in total. The maximum Gasteiger partial charge on any atom is 0.231 e. The van der Waals surface area contributed by atoms with E-state index in [9.17, 15) is 4.79 Å². The molecule has 0 aromatic heterocycles. The molecule has 90 valence electrons. The van der Waals surface area contributed by atoms with Crippen LogP contribution in [0.5, 0.6) is 11.5 Å². The van der Waals surface area contributed by atoms with Crippen LogP contribution in [0.2, 0.25) is 5.02 Å². The fraction of sp³-hybridized carbons (Fsp3) is 0.417. The molecule has 1 amide bonds. The molecule has 0 bridgehead atoms. The first-order valence-electron chi connectivity index (χ1n) is 5.52. The van der Waals surface area contributed by atoms with Crippen molar-refractivity contribution in [1.82, 2.24) is 5.32 Å². The standard InChI is InChI=1S/C12H12ClNO3/c13-9-4-11-10(16-7-17-11)3-8(9)5-12(1-2-12)14-6-15/h3-4,6H,1-2,5,7H2,(H,14,15). The van der Waals surface area contributed by atoms with E-state index in [4.69, 9.17) is 21.1 Å². The number of ether oxygens (including phenoxy) is 2. The van der Waals surface area contributed by atoms with Gasteiger partial charge in [0.2, 0.25) is 13.2 Å². The summed E-state index contributed by atoms with van der Waals surface area (Å²) in [4.78, 5) is 10.5. The molecule has 3 rings (SSSR count). The Labute approximate surface area is 104 Å². The topological polar surface area (TPSA) is 47.6 Å². The molecule has 0 unspecified atom stereocenters. The molecule has 0 radical (unpaired) electrons. The maximum atomic E-state index is 10.5. The SMILES string of the molecule is O=CNC1(Cc2cc3c(cc2Cl)OCO3)CC1. The molecule has 1 fully saturated rings. The van der Waals surface area contributed by atoms with Crippen molar-refractivity contribution in [2.45, 2.75) is 24.8 Å². The molecule has 1 heterocycles. The van der Waals surface area contributed by atoms with Crippen LogP contribution in [0, 0.1) is 0 Å². The van der Waals surface area contributed by atoms with Gasteiger partial charge in [0.1, 0.15) is 0 Å². The number of carbonyl (C=O) groups is 1. The van der Waals surface area contributed by atoms with Crippen molar-refractivity contribution >= 4 is 18.0 Å². The summed E-state index contributed by atoms with van der Waals surface area (Å²) in [5, 5.41) is 3.53. The van der Waals surface area contributed by atoms with Crippen LogP contribution in [-0.2, 0) is 11.2 Å². The number of benzene rings is 1. The second kappa shape index (κ2) is 3.81. The smallest absolute Gasteiger partial charge is 0.231 e. The van der Waals surface area contributed by atoms with Gasteiger partial charge in [-0.15, -0.1) is 0 Å². The Morgan fingerprint density at radius 1 is 1.35 bits per heavy atom. The van der Waals surface area contributed by atoms with E-state index in [0.717, 1.165) is 37.0 Å². The van der Waals surface area contributed by atoms with Gasteiger partial charge in [-0.3, -0.25) is 4.79 Å². The highest BCUT2D eigenvalue weighted by molar-refractivity contribution is 6.31. The maximum absolute atomic E-state index is 10.5. The lowest BCUT2D eigenvalue weighted by Crippen LogP contribution is -2.32. The summed E-state index contributed by atoms with van der Waals surface area (Å²) in [7, 11) is 0. The lowest BCUT2D eigenvalue weighted by Gasteiger charge is -2.15. The van der Waals surface area contributed by atoms with Gasteiger partial charge in [0, 0.05) is 16.6 Å². The van der Waals surface area contributed by atoms with Crippen LogP contribution in [0.15, 0.2) is 12.1 Å². The fourth-order valence-corrected chi connectivity index (χ4v) is 2.33.